The molecule has 0 radical (unpaired) electrons. The number of anilines is 1. The van der Waals surface area contributed by atoms with E-state index in [1.807, 2.05) is 0 Å². The molecule has 1 aromatic carbocycles. The van der Waals surface area contributed by atoms with Crippen LogP contribution in [0.25, 0.3) is 0 Å². The largest absolute Gasteiger partial charge is 0.497 e. The van der Waals surface area contributed by atoms with Crippen LogP contribution in [0.4, 0.5) is 10.5 Å². The van der Waals surface area contributed by atoms with Crippen molar-refractivity contribution >= 4 is 23.7 Å². The maximum atomic E-state index is 12.5. The maximum Gasteiger partial charge on any atom is 0.408 e. The van der Waals surface area contributed by atoms with Crippen molar-refractivity contribution in [3.05, 3.63) is 24.3 Å². The Kier molecular flexibility index (Phi) is 5.20. The first-order valence-corrected chi connectivity index (χ1v) is 7.72. The van der Waals surface area contributed by atoms with Crippen molar-refractivity contribution in [1.82, 2.24) is 5.32 Å². The fourth-order valence-corrected chi connectivity index (χ4v) is 2.46. The highest BCUT2D eigenvalue weighted by Crippen LogP contribution is 2.30. The summed E-state index contributed by atoms with van der Waals surface area (Å²) in [6.45, 7) is 5.11. The predicted octanol–water partition coefficient (Wildman–Crippen LogP) is 1.48. The molecule has 1 N–H and O–H groups in total. The van der Waals surface area contributed by atoms with E-state index in [1.54, 1.807) is 45.0 Å². The lowest BCUT2D eigenvalue weighted by molar-refractivity contribution is -0.149. The van der Waals surface area contributed by atoms with E-state index >= 15 is 0 Å². The van der Waals surface area contributed by atoms with E-state index < -0.39 is 35.7 Å². The highest BCUT2D eigenvalue weighted by Gasteiger charge is 2.54. The van der Waals surface area contributed by atoms with Gasteiger partial charge in [0.25, 0.3) is 5.91 Å². The van der Waals surface area contributed by atoms with Gasteiger partial charge in [0.1, 0.15) is 17.4 Å². The van der Waals surface area contributed by atoms with Crippen molar-refractivity contribution in [2.75, 3.05) is 19.1 Å². The number of β-lactam (4-membered cyclic amide) rings is 1. The highest BCUT2D eigenvalue weighted by atomic mass is 16.6. The lowest BCUT2D eigenvalue weighted by Gasteiger charge is -2.45. The van der Waals surface area contributed by atoms with Gasteiger partial charge in [0.05, 0.1) is 14.2 Å². The average Bonchev–Trinajstić information content (AvgIpc) is 2.55. The van der Waals surface area contributed by atoms with Crippen LogP contribution in [0.1, 0.15) is 20.8 Å². The summed E-state index contributed by atoms with van der Waals surface area (Å²) >= 11 is 0. The van der Waals surface area contributed by atoms with Gasteiger partial charge in [-0.3, -0.25) is 9.69 Å². The van der Waals surface area contributed by atoms with Gasteiger partial charge in [-0.15, -0.1) is 0 Å². The van der Waals surface area contributed by atoms with E-state index in [0.717, 1.165) is 0 Å². The van der Waals surface area contributed by atoms with E-state index in [9.17, 15) is 14.4 Å². The number of ether oxygens (including phenoxy) is 3. The van der Waals surface area contributed by atoms with Crippen LogP contribution < -0.4 is 15.0 Å². The first-order valence-electron chi connectivity index (χ1n) is 7.72. The zero-order valence-electron chi connectivity index (χ0n) is 14.9. The lowest BCUT2D eigenvalue weighted by Crippen LogP contribution is -2.74. The smallest absolute Gasteiger partial charge is 0.408 e. The minimum atomic E-state index is -1.04. The quantitative estimate of drug-likeness (QED) is 0.653. The predicted molar refractivity (Wildman–Crippen MR) is 89.4 cm³/mol. The molecule has 1 aromatic rings. The van der Waals surface area contributed by atoms with Crippen LogP contribution in [-0.4, -0.2) is 49.9 Å². The molecule has 1 aliphatic rings. The molecule has 2 unspecified atom stereocenters. The van der Waals surface area contributed by atoms with Gasteiger partial charge in [0.15, 0.2) is 6.04 Å². The Balaban J connectivity index is 2.18. The van der Waals surface area contributed by atoms with Gasteiger partial charge >= 0.3 is 12.1 Å². The Labute approximate surface area is 146 Å². The third-order valence-electron chi connectivity index (χ3n) is 3.56. The molecule has 2 rings (SSSR count). The van der Waals surface area contributed by atoms with Crippen LogP contribution in [0.3, 0.4) is 0 Å². The Bertz CT molecular complexity index is 665. The van der Waals surface area contributed by atoms with E-state index in [-0.39, 0.29) is 0 Å². The summed E-state index contributed by atoms with van der Waals surface area (Å²) in [4.78, 5) is 37.7. The monoisotopic (exact) mass is 350 g/mol. The number of hydrogen-bond donors (Lipinski definition) is 1. The standard InChI is InChI=1S/C17H22N2O6/c1-17(2,3)25-16(22)18-12-13(15(21)24-5)19(14(12)20)10-6-8-11(23-4)9-7-10/h6-9,12-13H,1-5H3,(H,18,22). The fourth-order valence-electron chi connectivity index (χ4n) is 2.46. The van der Waals surface area contributed by atoms with Crippen molar-refractivity contribution in [3.63, 3.8) is 0 Å². The number of carbonyl (C=O) groups excluding carboxylic acids is 3. The highest BCUT2D eigenvalue weighted by molar-refractivity contribution is 6.14. The van der Waals surface area contributed by atoms with E-state index in [4.69, 9.17) is 14.2 Å². The van der Waals surface area contributed by atoms with Crippen LogP contribution in [0, 0.1) is 0 Å². The van der Waals surface area contributed by atoms with Crippen molar-refractivity contribution in [2.45, 2.75) is 38.5 Å². The number of nitrogens with zero attached hydrogens (tertiary/aromatic N) is 1. The molecule has 0 saturated carbocycles. The number of methoxy groups -OCH3 is 2. The number of alkyl carbamates (subject to hydrolysis) is 1. The number of rotatable bonds is 4. The van der Waals surface area contributed by atoms with E-state index in [2.05, 4.69) is 5.32 Å². The minimum absolute atomic E-state index is 0.425. The number of hydrogen-bond acceptors (Lipinski definition) is 6. The third-order valence-corrected chi connectivity index (χ3v) is 3.56. The molecule has 25 heavy (non-hydrogen) atoms. The van der Waals surface area contributed by atoms with Crippen molar-refractivity contribution in [2.24, 2.45) is 0 Å². The summed E-state index contributed by atoms with van der Waals surface area (Å²) in [5.74, 6) is -0.433. The Morgan fingerprint density at radius 1 is 1.12 bits per heavy atom. The summed E-state index contributed by atoms with van der Waals surface area (Å²) in [5, 5.41) is 2.43. The molecule has 0 aromatic heterocycles. The summed E-state index contributed by atoms with van der Waals surface area (Å²) in [7, 11) is 2.75. The molecule has 1 aliphatic heterocycles. The first kappa shape index (κ1) is 18.6. The number of esters is 1. The minimum Gasteiger partial charge on any atom is -0.497 e. The van der Waals surface area contributed by atoms with E-state index in [1.165, 1.54) is 19.1 Å². The van der Waals surface area contributed by atoms with Gasteiger partial charge in [-0.05, 0) is 45.0 Å². The second-order valence-electron chi connectivity index (χ2n) is 6.50. The number of amides is 2. The maximum absolute atomic E-state index is 12.5. The Hall–Kier alpha value is -2.77. The molecule has 1 fully saturated rings. The topological polar surface area (TPSA) is 94.2 Å². The number of carbonyl (C=O) groups is 3. The molecule has 8 heteroatoms. The zero-order chi connectivity index (χ0) is 18.8. The molecule has 2 amide bonds. The molecule has 0 bridgehead atoms. The van der Waals surface area contributed by atoms with Crippen molar-refractivity contribution in [1.29, 1.82) is 0 Å². The Morgan fingerprint density at radius 2 is 1.72 bits per heavy atom. The van der Waals surface area contributed by atoms with Crippen LogP contribution >= 0.6 is 0 Å². The van der Waals surface area contributed by atoms with Gasteiger partial charge in [-0.25, -0.2) is 9.59 Å². The van der Waals surface area contributed by atoms with Gasteiger partial charge in [-0.1, -0.05) is 0 Å². The molecule has 1 heterocycles. The summed E-state index contributed by atoms with van der Waals surface area (Å²) < 4.78 is 15.0. The second kappa shape index (κ2) is 7.00. The summed E-state index contributed by atoms with van der Waals surface area (Å²) in [5.41, 5.74) is -0.212. The lowest BCUT2D eigenvalue weighted by atomic mass is 9.94. The van der Waals surface area contributed by atoms with Gasteiger partial charge in [-0.2, -0.15) is 0 Å². The zero-order valence-corrected chi connectivity index (χ0v) is 14.9. The number of benzene rings is 1. The molecule has 0 aliphatic carbocycles. The summed E-state index contributed by atoms with van der Waals surface area (Å²) in [6, 6.07) is 4.65. The van der Waals surface area contributed by atoms with Crippen LogP contribution in [0.5, 0.6) is 5.75 Å². The molecule has 8 nitrogen and oxygen atoms in total. The molecule has 0 spiro atoms. The van der Waals surface area contributed by atoms with E-state index in [0.29, 0.717) is 11.4 Å². The van der Waals surface area contributed by atoms with Gasteiger partial charge in [0, 0.05) is 5.69 Å². The van der Waals surface area contributed by atoms with Gasteiger partial charge < -0.3 is 19.5 Å². The summed E-state index contributed by atoms with van der Waals surface area (Å²) in [6.07, 6.45) is -0.769. The Morgan fingerprint density at radius 3 is 2.20 bits per heavy atom. The van der Waals surface area contributed by atoms with Crippen molar-refractivity contribution < 1.29 is 28.6 Å². The fraction of sp³-hybridized carbons (Fsp3) is 0.471. The SMILES string of the molecule is COC(=O)C1C(NC(=O)OC(C)(C)C)C(=O)N1c1ccc(OC)cc1. The van der Waals surface area contributed by atoms with Crippen LogP contribution in [0.15, 0.2) is 24.3 Å². The molecule has 1 saturated heterocycles. The molecule has 2 atom stereocenters. The number of nitrogens with one attached hydrogen (secondary N) is 1. The molecular formula is C17H22N2O6. The van der Waals surface area contributed by atoms with Crippen LogP contribution in [0.2, 0.25) is 0 Å². The average molecular weight is 350 g/mol. The first-order chi connectivity index (χ1) is 11.7. The third kappa shape index (κ3) is 4.01. The molecule has 136 valence electrons. The molecular weight excluding hydrogens is 328 g/mol. The normalized spacial score (nSPS) is 19.7. The van der Waals surface area contributed by atoms with Crippen molar-refractivity contribution in [3.8, 4) is 5.75 Å². The van der Waals surface area contributed by atoms with Gasteiger partial charge in [0.2, 0.25) is 0 Å². The van der Waals surface area contributed by atoms with Crippen LogP contribution in [-0.2, 0) is 19.1 Å². The second-order valence-corrected chi connectivity index (χ2v) is 6.50.